The predicted molar refractivity (Wildman–Crippen MR) is 97.7 cm³/mol. The van der Waals surface area contributed by atoms with Gasteiger partial charge in [0.1, 0.15) is 6.04 Å². The van der Waals surface area contributed by atoms with Crippen molar-refractivity contribution in [2.75, 3.05) is 0 Å². The number of rotatable bonds is 4. The zero-order chi connectivity index (χ0) is 18.5. The molecule has 4 atom stereocenters. The lowest BCUT2D eigenvalue weighted by Crippen LogP contribution is -2.61. The van der Waals surface area contributed by atoms with Crippen molar-refractivity contribution >= 4 is 17.7 Å². The van der Waals surface area contributed by atoms with E-state index in [4.69, 9.17) is 0 Å². The summed E-state index contributed by atoms with van der Waals surface area (Å²) in [6.45, 7) is 1.11. The molecule has 142 valence electrons. The summed E-state index contributed by atoms with van der Waals surface area (Å²) < 4.78 is 0. The number of carbonyl (C=O) groups excluding carboxylic acids is 3. The van der Waals surface area contributed by atoms with Crippen LogP contribution < -0.4 is 16.0 Å². The summed E-state index contributed by atoms with van der Waals surface area (Å²) in [6.07, 6.45) is 4.25. The average Bonchev–Trinajstić information content (AvgIpc) is 2.97. The SMILES string of the molecule is O=C1CCC(N2Cc3cccc(CNC4C[C@@H]5C[C@H](C4)N5)c3C2=O)C(=O)N1. The Hall–Kier alpha value is -2.25. The van der Waals surface area contributed by atoms with Crippen LogP contribution in [-0.2, 0) is 22.7 Å². The minimum atomic E-state index is -0.556. The van der Waals surface area contributed by atoms with E-state index in [1.165, 1.54) is 6.42 Å². The van der Waals surface area contributed by atoms with E-state index in [9.17, 15) is 14.4 Å². The van der Waals surface area contributed by atoms with E-state index < -0.39 is 6.04 Å². The Labute approximate surface area is 157 Å². The van der Waals surface area contributed by atoms with Crippen molar-refractivity contribution in [2.45, 2.75) is 69.4 Å². The molecule has 7 heteroatoms. The number of hydrogen-bond donors (Lipinski definition) is 3. The fourth-order valence-electron chi connectivity index (χ4n) is 5.02. The molecular weight excluding hydrogens is 344 g/mol. The summed E-state index contributed by atoms with van der Waals surface area (Å²) in [5.41, 5.74) is 2.70. The minimum Gasteiger partial charge on any atom is -0.322 e. The third-order valence-corrected chi connectivity index (χ3v) is 6.40. The predicted octanol–water partition coefficient (Wildman–Crippen LogP) is 0.430. The zero-order valence-electron chi connectivity index (χ0n) is 15.2. The Morgan fingerprint density at radius 2 is 1.89 bits per heavy atom. The fourth-order valence-corrected chi connectivity index (χ4v) is 5.02. The lowest BCUT2D eigenvalue weighted by atomic mass is 9.79. The monoisotopic (exact) mass is 368 g/mol. The van der Waals surface area contributed by atoms with E-state index in [-0.39, 0.29) is 24.1 Å². The number of nitrogens with zero attached hydrogens (tertiary/aromatic N) is 1. The van der Waals surface area contributed by atoms with Gasteiger partial charge in [-0.3, -0.25) is 19.7 Å². The van der Waals surface area contributed by atoms with Gasteiger partial charge in [-0.05, 0) is 36.8 Å². The summed E-state index contributed by atoms with van der Waals surface area (Å²) in [7, 11) is 0. The molecule has 7 nitrogen and oxygen atoms in total. The summed E-state index contributed by atoms with van der Waals surface area (Å²) >= 11 is 0. The van der Waals surface area contributed by atoms with Crippen molar-refractivity contribution in [1.82, 2.24) is 20.9 Å². The number of hydrogen-bond acceptors (Lipinski definition) is 5. The molecular formula is C20H24N4O3. The van der Waals surface area contributed by atoms with Crippen molar-refractivity contribution in [2.24, 2.45) is 0 Å². The van der Waals surface area contributed by atoms with Gasteiger partial charge in [-0.2, -0.15) is 0 Å². The minimum absolute atomic E-state index is 0.0925. The smallest absolute Gasteiger partial charge is 0.255 e. The van der Waals surface area contributed by atoms with E-state index in [0.29, 0.717) is 37.6 Å². The molecule has 3 N–H and O–H groups in total. The van der Waals surface area contributed by atoms with Gasteiger partial charge in [0.2, 0.25) is 11.8 Å². The number of imide groups is 1. The summed E-state index contributed by atoms with van der Waals surface area (Å²) in [6, 6.07) is 7.17. The highest BCUT2D eigenvalue weighted by molar-refractivity contribution is 6.05. The first-order chi connectivity index (χ1) is 13.1. The van der Waals surface area contributed by atoms with Gasteiger partial charge in [0.25, 0.3) is 5.91 Å². The molecule has 4 fully saturated rings. The van der Waals surface area contributed by atoms with E-state index >= 15 is 0 Å². The van der Waals surface area contributed by atoms with E-state index in [1.54, 1.807) is 4.90 Å². The second-order valence-electron chi connectivity index (χ2n) is 8.20. The van der Waals surface area contributed by atoms with Crippen LogP contribution in [0.3, 0.4) is 0 Å². The van der Waals surface area contributed by atoms with Crippen molar-refractivity contribution in [3.63, 3.8) is 0 Å². The highest BCUT2D eigenvalue weighted by Crippen LogP contribution is 2.31. The molecule has 2 unspecified atom stereocenters. The van der Waals surface area contributed by atoms with Crippen molar-refractivity contribution in [1.29, 1.82) is 0 Å². The topological polar surface area (TPSA) is 90.5 Å². The van der Waals surface area contributed by atoms with Crippen LogP contribution in [0.25, 0.3) is 0 Å². The number of benzene rings is 1. The van der Waals surface area contributed by atoms with Gasteiger partial charge in [0.05, 0.1) is 0 Å². The van der Waals surface area contributed by atoms with Gasteiger partial charge >= 0.3 is 0 Å². The molecule has 27 heavy (non-hydrogen) atoms. The molecule has 4 aliphatic heterocycles. The Balaban J connectivity index is 1.30. The standard InChI is InChI=1S/C20H24N4O3/c25-17-5-4-16(19(26)23-17)24-10-12-3-1-2-11(18(12)20(24)27)9-21-13-6-14-8-15(7-13)22-14/h1-3,13-16,21-22H,4-10H2,(H,23,25,26)/t13?,14-,15+,16?. The Morgan fingerprint density at radius 1 is 1.11 bits per heavy atom. The first-order valence-corrected chi connectivity index (χ1v) is 9.83. The summed E-state index contributed by atoms with van der Waals surface area (Å²) in [5, 5.41) is 9.52. The highest BCUT2D eigenvalue weighted by atomic mass is 16.2. The molecule has 1 saturated carbocycles. The molecule has 0 spiro atoms. The Bertz CT molecular complexity index is 807. The average molecular weight is 368 g/mol. The number of amides is 3. The van der Waals surface area contributed by atoms with Crippen molar-refractivity contribution < 1.29 is 14.4 Å². The van der Waals surface area contributed by atoms with Gasteiger partial charge in [-0.1, -0.05) is 18.2 Å². The summed E-state index contributed by atoms with van der Waals surface area (Å²) in [5.74, 6) is -0.712. The molecule has 3 saturated heterocycles. The van der Waals surface area contributed by atoms with Crippen LogP contribution in [0.4, 0.5) is 0 Å². The molecule has 5 aliphatic rings. The van der Waals surface area contributed by atoms with Gasteiger partial charge in [0.15, 0.2) is 0 Å². The molecule has 1 aromatic carbocycles. The number of nitrogens with one attached hydrogen (secondary N) is 3. The fraction of sp³-hybridized carbons (Fsp3) is 0.550. The lowest BCUT2D eigenvalue weighted by Gasteiger charge is -2.46. The van der Waals surface area contributed by atoms with Crippen LogP contribution in [0.1, 0.15) is 53.6 Å². The van der Waals surface area contributed by atoms with E-state index in [2.05, 4.69) is 16.0 Å². The van der Waals surface area contributed by atoms with Crippen LogP contribution in [0.5, 0.6) is 0 Å². The molecule has 4 heterocycles. The zero-order valence-corrected chi connectivity index (χ0v) is 15.2. The Morgan fingerprint density at radius 3 is 2.63 bits per heavy atom. The first kappa shape index (κ1) is 16.9. The molecule has 3 amide bonds. The number of carbonyl (C=O) groups is 3. The third-order valence-electron chi connectivity index (χ3n) is 6.40. The maximum absolute atomic E-state index is 13.1. The second-order valence-corrected chi connectivity index (χ2v) is 8.20. The molecule has 0 radical (unpaired) electrons. The second kappa shape index (κ2) is 6.42. The molecule has 2 bridgehead atoms. The normalized spacial score (nSPS) is 32.1. The first-order valence-electron chi connectivity index (χ1n) is 9.83. The van der Waals surface area contributed by atoms with Crippen molar-refractivity contribution in [3.05, 3.63) is 34.9 Å². The van der Waals surface area contributed by atoms with Crippen LogP contribution in [0, 0.1) is 0 Å². The Kier molecular flexibility index (Phi) is 4.02. The van der Waals surface area contributed by atoms with Crippen molar-refractivity contribution in [3.8, 4) is 0 Å². The highest BCUT2D eigenvalue weighted by Gasteiger charge is 2.40. The molecule has 1 aliphatic carbocycles. The van der Waals surface area contributed by atoms with Gasteiger partial charge in [0, 0.05) is 43.2 Å². The largest absolute Gasteiger partial charge is 0.322 e. The maximum atomic E-state index is 13.1. The van der Waals surface area contributed by atoms with Gasteiger partial charge in [-0.25, -0.2) is 0 Å². The quantitative estimate of drug-likeness (QED) is 0.671. The van der Waals surface area contributed by atoms with Gasteiger partial charge < -0.3 is 15.5 Å². The van der Waals surface area contributed by atoms with Crippen LogP contribution in [-0.4, -0.2) is 46.8 Å². The van der Waals surface area contributed by atoms with Gasteiger partial charge in [-0.15, -0.1) is 0 Å². The van der Waals surface area contributed by atoms with E-state index in [0.717, 1.165) is 29.5 Å². The molecule has 0 aromatic heterocycles. The van der Waals surface area contributed by atoms with Crippen LogP contribution in [0.2, 0.25) is 0 Å². The number of piperidine rings is 2. The third kappa shape index (κ3) is 2.95. The molecule has 6 rings (SSSR count). The van der Waals surface area contributed by atoms with Crippen LogP contribution in [0.15, 0.2) is 18.2 Å². The number of fused-ring (bicyclic) bond motifs is 3. The van der Waals surface area contributed by atoms with Crippen LogP contribution >= 0.6 is 0 Å². The van der Waals surface area contributed by atoms with E-state index in [1.807, 2.05) is 18.2 Å². The maximum Gasteiger partial charge on any atom is 0.255 e. The molecule has 1 aromatic rings. The summed E-state index contributed by atoms with van der Waals surface area (Å²) in [4.78, 5) is 38.3. The lowest BCUT2D eigenvalue weighted by molar-refractivity contribution is -0.136.